The van der Waals surface area contributed by atoms with Gasteiger partial charge in [-0.1, -0.05) is 36.7 Å². The van der Waals surface area contributed by atoms with Crippen molar-refractivity contribution in [3.8, 4) is 0 Å². The molecule has 1 aromatic carbocycles. The normalized spacial score (nSPS) is 13.0. The molecule has 1 aliphatic rings. The highest BCUT2D eigenvalue weighted by molar-refractivity contribution is 6.29. The van der Waals surface area contributed by atoms with E-state index in [2.05, 4.69) is 15.3 Å². The van der Waals surface area contributed by atoms with Gasteiger partial charge in [-0.3, -0.25) is 9.59 Å². The number of aromatic nitrogens is 1. The van der Waals surface area contributed by atoms with E-state index in [9.17, 15) is 9.59 Å². The van der Waals surface area contributed by atoms with Crippen LogP contribution in [-0.2, 0) is 16.1 Å². The molecule has 0 atom stereocenters. The summed E-state index contributed by atoms with van der Waals surface area (Å²) in [5.41, 5.74) is 3.86. The van der Waals surface area contributed by atoms with Gasteiger partial charge in [-0.2, -0.15) is 0 Å². The first kappa shape index (κ1) is 19.8. The number of hydrogen-bond acceptors (Lipinski definition) is 4. The molecule has 144 valence electrons. The fourth-order valence-corrected chi connectivity index (χ4v) is 2.91. The molecule has 0 bridgehead atoms. The van der Waals surface area contributed by atoms with Crippen LogP contribution >= 0.6 is 11.6 Å². The molecule has 2 heterocycles. The van der Waals surface area contributed by atoms with E-state index in [1.807, 2.05) is 43.3 Å². The topological polar surface area (TPSA) is 74.7 Å². The van der Waals surface area contributed by atoms with E-state index in [4.69, 9.17) is 11.6 Å². The zero-order valence-corrected chi connectivity index (χ0v) is 16.5. The number of aliphatic imine (C=N–C) groups is 1. The monoisotopic (exact) mass is 396 g/mol. The average molecular weight is 397 g/mol. The first-order chi connectivity index (χ1) is 13.5. The SMILES string of the molecule is CCC(=O)N(C)c1ccc(C2=NC(C(=O)NCc3ccc(Cl)nc3)=CC2)cc1. The van der Waals surface area contributed by atoms with Gasteiger partial charge < -0.3 is 10.2 Å². The minimum Gasteiger partial charge on any atom is -0.347 e. The first-order valence-corrected chi connectivity index (χ1v) is 9.39. The summed E-state index contributed by atoms with van der Waals surface area (Å²) in [6, 6.07) is 11.1. The van der Waals surface area contributed by atoms with Crippen LogP contribution in [0.3, 0.4) is 0 Å². The third kappa shape index (κ3) is 4.64. The molecule has 0 saturated carbocycles. The summed E-state index contributed by atoms with van der Waals surface area (Å²) < 4.78 is 0. The van der Waals surface area contributed by atoms with Crippen LogP contribution in [0.25, 0.3) is 0 Å². The minimum atomic E-state index is -0.227. The van der Waals surface area contributed by atoms with Gasteiger partial charge in [0.2, 0.25) is 5.91 Å². The molecule has 3 rings (SSSR count). The molecule has 0 spiro atoms. The van der Waals surface area contributed by atoms with Gasteiger partial charge in [0, 0.05) is 38.3 Å². The van der Waals surface area contributed by atoms with E-state index in [1.54, 1.807) is 24.2 Å². The van der Waals surface area contributed by atoms with Crippen molar-refractivity contribution in [2.45, 2.75) is 26.3 Å². The highest BCUT2D eigenvalue weighted by Crippen LogP contribution is 2.20. The lowest BCUT2D eigenvalue weighted by Crippen LogP contribution is -2.25. The molecule has 0 unspecified atom stereocenters. The van der Waals surface area contributed by atoms with Crippen LogP contribution in [0.4, 0.5) is 5.69 Å². The number of nitrogens with zero attached hydrogens (tertiary/aromatic N) is 3. The molecule has 6 nitrogen and oxygen atoms in total. The standard InChI is InChI=1S/C21H21ClN4O2/c1-3-20(27)26(2)16-7-5-15(6-8-16)17-9-10-18(25-17)21(28)24-13-14-4-11-19(22)23-12-14/h4-8,10-12H,3,9,13H2,1-2H3,(H,24,28). The third-order valence-corrected chi connectivity index (χ3v) is 4.71. The molecule has 28 heavy (non-hydrogen) atoms. The van der Waals surface area contributed by atoms with Crippen molar-refractivity contribution < 1.29 is 9.59 Å². The Labute approximate surface area is 168 Å². The molecule has 7 heteroatoms. The molecule has 0 saturated heterocycles. The quantitative estimate of drug-likeness (QED) is 0.759. The summed E-state index contributed by atoms with van der Waals surface area (Å²) in [6.07, 6.45) is 4.49. The maximum atomic E-state index is 12.3. The van der Waals surface area contributed by atoms with Crippen molar-refractivity contribution in [3.63, 3.8) is 0 Å². The summed E-state index contributed by atoms with van der Waals surface area (Å²) in [5, 5.41) is 3.25. The fraction of sp³-hybridized carbons (Fsp3) is 0.238. The molecule has 0 radical (unpaired) electrons. The van der Waals surface area contributed by atoms with E-state index in [0.717, 1.165) is 22.5 Å². The number of allylic oxidation sites excluding steroid dienone is 1. The molecule has 1 aliphatic heterocycles. The summed E-state index contributed by atoms with van der Waals surface area (Å²) in [5.74, 6) is -0.169. The Balaban J connectivity index is 1.61. The summed E-state index contributed by atoms with van der Waals surface area (Å²) in [6.45, 7) is 2.19. The first-order valence-electron chi connectivity index (χ1n) is 9.01. The van der Waals surface area contributed by atoms with Crippen molar-refractivity contribution in [2.75, 3.05) is 11.9 Å². The zero-order chi connectivity index (χ0) is 20.1. The van der Waals surface area contributed by atoms with Crippen LogP contribution < -0.4 is 10.2 Å². The molecule has 2 aromatic rings. The number of hydrogen-bond donors (Lipinski definition) is 1. The minimum absolute atomic E-state index is 0.0578. The van der Waals surface area contributed by atoms with Crippen LogP contribution in [0, 0.1) is 0 Å². The lowest BCUT2D eigenvalue weighted by atomic mass is 10.1. The summed E-state index contributed by atoms with van der Waals surface area (Å²) >= 11 is 5.76. The largest absolute Gasteiger partial charge is 0.347 e. The van der Waals surface area contributed by atoms with E-state index in [0.29, 0.717) is 30.2 Å². The lowest BCUT2D eigenvalue weighted by molar-refractivity contribution is -0.118. The highest BCUT2D eigenvalue weighted by Gasteiger charge is 2.17. The maximum absolute atomic E-state index is 12.3. The van der Waals surface area contributed by atoms with Gasteiger partial charge in [-0.25, -0.2) is 9.98 Å². The van der Waals surface area contributed by atoms with Crippen molar-refractivity contribution in [1.82, 2.24) is 10.3 Å². The van der Waals surface area contributed by atoms with Crippen molar-refractivity contribution in [1.29, 1.82) is 0 Å². The second-order valence-corrected chi connectivity index (χ2v) is 6.76. The maximum Gasteiger partial charge on any atom is 0.269 e. The Hall–Kier alpha value is -2.99. The van der Waals surface area contributed by atoms with Gasteiger partial charge in [0.05, 0.1) is 5.71 Å². The number of halogens is 1. The Morgan fingerprint density at radius 3 is 2.57 bits per heavy atom. The van der Waals surface area contributed by atoms with Gasteiger partial charge in [-0.05, 0) is 35.4 Å². The Morgan fingerprint density at radius 1 is 1.18 bits per heavy atom. The van der Waals surface area contributed by atoms with E-state index in [-0.39, 0.29) is 11.8 Å². The summed E-state index contributed by atoms with van der Waals surface area (Å²) in [7, 11) is 1.76. The number of carbonyl (C=O) groups excluding carboxylic acids is 2. The number of pyridine rings is 1. The number of benzene rings is 1. The number of nitrogens with one attached hydrogen (secondary N) is 1. The van der Waals surface area contributed by atoms with Gasteiger partial charge in [0.25, 0.3) is 5.91 Å². The zero-order valence-electron chi connectivity index (χ0n) is 15.8. The molecule has 1 aromatic heterocycles. The average Bonchev–Trinajstić information content (AvgIpc) is 3.22. The Kier molecular flexibility index (Phi) is 6.21. The van der Waals surface area contributed by atoms with Crippen LogP contribution in [-0.4, -0.2) is 29.6 Å². The molecule has 2 amide bonds. The predicted molar refractivity (Wildman–Crippen MR) is 110 cm³/mol. The van der Waals surface area contributed by atoms with E-state index >= 15 is 0 Å². The van der Waals surface area contributed by atoms with Crippen LogP contribution in [0.1, 0.15) is 30.9 Å². The van der Waals surface area contributed by atoms with Crippen molar-refractivity contribution >= 4 is 34.8 Å². The summed E-state index contributed by atoms with van der Waals surface area (Å²) in [4.78, 5) is 34.2. The Morgan fingerprint density at radius 2 is 1.93 bits per heavy atom. The fourth-order valence-electron chi connectivity index (χ4n) is 2.80. The highest BCUT2D eigenvalue weighted by atomic mass is 35.5. The van der Waals surface area contributed by atoms with Crippen molar-refractivity contribution in [3.05, 3.63) is 70.6 Å². The molecular formula is C21H21ClN4O2. The molecule has 1 N–H and O–H groups in total. The van der Waals surface area contributed by atoms with Gasteiger partial charge in [0.15, 0.2) is 0 Å². The lowest BCUT2D eigenvalue weighted by Gasteiger charge is -2.16. The van der Waals surface area contributed by atoms with Gasteiger partial charge in [0.1, 0.15) is 10.9 Å². The molecular weight excluding hydrogens is 376 g/mol. The molecule has 0 fully saturated rings. The number of anilines is 1. The smallest absolute Gasteiger partial charge is 0.269 e. The van der Waals surface area contributed by atoms with Crippen molar-refractivity contribution in [2.24, 2.45) is 4.99 Å². The van der Waals surface area contributed by atoms with Gasteiger partial charge in [-0.15, -0.1) is 0 Å². The second-order valence-electron chi connectivity index (χ2n) is 6.38. The van der Waals surface area contributed by atoms with Crippen LogP contribution in [0.15, 0.2) is 59.4 Å². The number of amides is 2. The second kappa shape index (κ2) is 8.80. The predicted octanol–water partition coefficient (Wildman–Crippen LogP) is 3.50. The molecule has 0 aliphatic carbocycles. The Bertz CT molecular complexity index is 934. The van der Waals surface area contributed by atoms with Crippen LogP contribution in [0.2, 0.25) is 5.15 Å². The van der Waals surface area contributed by atoms with E-state index in [1.165, 1.54) is 0 Å². The van der Waals surface area contributed by atoms with Gasteiger partial charge >= 0.3 is 0 Å². The third-order valence-electron chi connectivity index (χ3n) is 4.48. The van der Waals surface area contributed by atoms with E-state index < -0.39 is 0 Å². The number of carbonyl (C=O) groups is 2. The number of rotatable bonds is 6. The van der Waals surface area contributed by atoms with Crippen LogP contribution in [0.5, 0.6) is 0 Å².